The van der Waals surface area contributed by atoms with Crippen molar-refractivity contribution < 1.29 is 18.6 Å². The van der Waals surface area contributed by atoms with Gasteiger partial charge in [0.05, 0.1) is 25.7 Å². The van der Waals surface area contributed by atoms with Gasteiger partial charge in [0, 0.05) is 18.0 Å². The molecule has 4 heterocycles. The lowest BCUT2D eigenvalue weighted by atomic mass is 10.0. The lowest BCUT2D eigenvalue weighted by molar-refractivity contribution is 0.0866. The molecule has 3 aromatic heterocycles. The van der Waals surface area contributed by atoms with Gasteiger partial charge in [-0.2, -0.15) is 0 Å². The van der Waals surface area contributed by atoms with E-state index < -0.39 is 5.67 Å². The van der Waals surface area contributed by atoms with E-state index in [2.05, 4.69) is 15.0 Å². The number of hydrogen-bond donors (Lipinski definition) is 0. The molecule has 0 N–H and O–H groups in total. The van der Waals surface area contributed by atoms with Gasteiger partial charge >= 0.3 is 0 Å². The van der Waals surface area contributed by atoms with Crippen molar-refractivity contribution in [2.45, 2.75) is 32.2 Å². The maximum atomic E-state index is 14.1. The number of hydrogen-bond acceptors (Lipinski definition) is 6. The normalized spacial score (nSPS) is 15.7. The highest BCUT2D eigenvalue weighted by Gasteiger charge is 2.28. The van der Waals surface area contributed by atoms with Crippen molar-refractivity contribution in [2.24, 2.45) is 0 Å². The number of aromatic nitrogens is 4. The van der Waals surface area contributed by atoms with Crippen LogP contribution in [0.3, 0.4) is 0 Å². The van der Waals surface area contributed by atoms with Gasteiger partial charge in [0.1, 0.15) is 17.8 Å². The molecule has 1 atom stereocenters. The molecule has 0 radical (unpaired) electrons. The molecule has 7 nitrogen and oxygen atoms in total. The molecule has 4 aromatic rings. The molecule has 0 fully saturated rings. The summed E-state index contributed by atoms with van der Waals surface area (Å²) >= 11 is 0. The van der Waals surface area contributed by atoms with Crippen molar-refractivity contribution in [3.8, 4) is 17.2 Å². The minimum Gasteiger partial charge on any atom is -0.493 e. The van der Waals surface area contributed by atoms with Crippen molar-refractivity contribution in [2.75, 3.05) is 13.7 Å². The summed E-state index contributed by atoms with van der Waals surface area (Å²) in [6, 6.07) is 11.2. The Hall–Kier alpha value is -3.68. The van der Waals surface area contributed by atoms with Crippen LogP contribution in [0, 0.1) is 0 Å². The summed E-state index contributed by atoms with van der Waals surface area (Å²) in [5, 5.41) is 0. The van der Waals surface area contributed by atoms with E-state index >= 15 is 0 Å². The zero-order valence-electron chi connectivity index (χ0n) is 18.1. The van der Waals surface area contributed by atoms with E-state index in [1.54, 1.807) is 31.9 Å². The van der Waals surface area contributed by atoms with Crippen LogP contribution in [0.1, 0.15) is 36.8 Å². The third-order valence-corrected chi connectivity index (χ3v) is 5.45. The molecule has 1 aliphatic rings. The van der Waals surface area contributed by atoms with Gasteiger partial charge < -0.3 is 18.8 Å². The summed E-state index contributed by atoms with van der Waals surface area (Å²) in [6.07, 6.45) is 4.79. The minimum absolute atomic E-state index is 0.315. The Morgan fingerprint density at radius 3 is 2.81 bits per heavy atom. The Balaban J connectivity index is 1.41. The van der Waals surface area contributed by atoms with E-state index in [1.807, 2.05) is 34.9 Å². The number of benzene rings is 1. The number of alkyl halides is 1. The smallest absolute Gasteiger partial charge is 0.204 e. The average molecular weight is 434 g/mol. The van der Waals surface area contributed by atoms with Gasteiger partial charge in [0.15, 0.2) is 23.3 Å². The average Bonchev–Trinajstić information content (AvgIpc) is 3.20. The largest absolute Gasteiger partial charge is 0.493 e. The first-order valence-corrected chi connectivity index (χ1v) is 10.3. The zero-order valence-corrected chi connectivity index (χ0v) is 18.1. The van der Waals surface area contributed by atoms with Crippen LogP contribution in [-0.4, -0.2) is 33.2 Å². The van der Waals surface area contributed by atoms with Crippen LogP contribution in [0.2, 0.25) is 0 Å². The summed E-state index contributed by atoms with van der Waals surface area (Å²) in [5.74, 6) is 1.73. The quantitative estimate of drug-likeness (QED) is 0.457. The predicted octanol–water partition coefficient (Wildman–Crippen LogP) is 4.60. The Morgan fingerprint density at radius 1 is 1.19 bits per heavy atom. The van der Waals surface area contributed by atoms with E-state index in [-0.39, 0.29) is 6.10 Å². The summed E-state index contributed by atoms with van der Waals surface area (Å²) in [6.45, 7) is 3.84. The third-order valence-electron chi connectivity index (χ3n) is 5.45. The van der Waals surface area contributed by atoms with Crippen molar-refractivity contribution in [3.63, 3.8) is 0 Å². The molecule has 0 aliphatic carbocycles. The Bertz CT molecular complexity index is 1250. The molecular weight excluding hydrogens is 411 g/mol. The number of imidazole rings is 1. The van der Waals surface area contributed by atoms with E-state index in [1.165, 1.54) is 13.8 Å². The van der Waals surface area contributed by atoms with Crippen molar-refractivity contribution in [1.29, 1.82) is 0 Å². The topological polar surface area (TPSA) is 71.3 Å². The van der Waals surface area contributed by atoms with Crippen LogP contribution >= 0.6 is 0 Å². The maximum Gasteiger partial charge on any atom is 0.204 e. The monoisotopic (exact) mass is 434 g/mol. The van der Waals surface area contributed by atoms with E-state index in [9.17, 15) is 4.39 Å². The number of halogens is 1. The molecule has 0 spiro atoms. The Kier molecular flexibility index (Phi) is 4.92. The second-order valence-electron chi connectivity index (χ2n) is 8.21. The molecule has 1 aromatic carbocycles. The van der Waals surface area contributed by atoms with E-state index in [0.717, 1.165) is 22.3 Å². The first-order chi connectivity index (χ1) is 15.4. The van der Waals surface area contributed by atoms with Gasteiger partial charge in [0.2, 0.25) is 5.75 Å². The van der Waals surface area contributed by atoms with Crippen molar-refractivity contribution in [1.82, 2.24) is 19.5 Å². The molecule has 5 rings (SSSR count). The molecule has 1 aliphatic heterocycles. The summed E-state index contributed by atoms with van der Waals surface area (Å²) < 4.78 is 33.9. The number of rotatable bonds is 5. The summed E-state index contributed by atoms with van der Waals surface area (Å²) in [7, 11) is 1.60. The van der Waals surface area contributed by atoms with Gasteiger partial charge in [-0.3, -0.25) is 4.98 Å². The van der Waals surface area contributed by atoms with Gasteiger partial charge in [0.25, 0.3) is 0 Å². The van der Waals surface area contributed by atoms with Gasteiger partial charge in [-0.05, 0) is 49.7 Å². The maximum absolute atomic E-state index is 14.1. The molecule has 0 saturated heterocycles. The molecule has 164 valence electrons. The van der Waals surface area contributed by atoms with Crippen LogP contribution in [0.25, 0.3) is 11.2 Å². The Morgan fingerprint density at radius 2 is 2.06 bits per heavy atom. The second kappa shape index (κ2) is 7.78. The fourth-order valence-electron chi connectivity index (χ4n) is 3.76. The number of pyridine rings is 2. The molecule has 0 bridgehead atoms. The number of fused-ring (bicyclic) bond motifs is 2. The summed E-state index contributed by atoms with van der Waals surface area (Å²) in [4.78, 5) is 13.1. The van der Waals surface area contributed by atoms with Gasteiger partial charge in [-0.25, -0.2) is 14.4 Å². The highest BCUT2D eigenvalue weighted by molar-refractivity contribution is 5.70. The van der Waals surface area contributed by atoms with E-state index in [4.69, 9.17) is 14.2 Å². The van der Waals surface area contributed by atoms with E-state index in [0.29, 0.717) is 36.1 Å². The lowest BCUT2D eigenvalue weighted by Gasteiger charge is -2.28. The minimum atomic E-state index is -1.50. The lowest BCUT2D eigenvalue weighted by Crippen LogP contribution is -2.23. The first kappa shape index (κ1) is 20.2. The molecule has 0 unspecified atom stereocenters. The van der Waals surface area contributed by atoms with Crippen LogP contribution in [0.5, 0.6) is 17.2 Å². The fourth-order valence-corrected chi connectivity index (χ4v) is 3.76. The first-order valence-electron chi connectivity index (χ1n) is 10.3. The van der Waals surface area contributed by atoms with Gasteiger partial charge in [-0.1, -0.05) is 6.07 Å². The molecule has 0 saturated carbocycles. The molecule has 32 heavy (non-hydrogen) atoms. The van der Waals surface area contributed by atoms with Crippen LogP contribution < -0.4 is 14.2 Å². The highest BCUT2D eigenvalue weighted by atomic mass is 19.1. The second-order valence-corrected chi connectivity index (χ2v) is 8.21. The molecule has 0 amide bonds. The van der Waals surface area contributed by atoms with Crippen LogP contribution in [-0.2, 0) is 12.2 Å². The Labute approximate surface area is 184 Å². The van der Waals surface area contributed by atoms with Gasteiger partial charge in [-0.15, -0.1) is 0 Å². The van der Waals surface area contributed by atoms with Crippen molar-refractivity contribution in [3.05, 3.63) is 71.9 Å². The molecule has 8 heteroatoms. The number of nitrogens with zero attached hydrogens (tertiary/aromatic N) is 4. The number of ether oxygens (including phenoxy) is 3. The summed E-state index contributed by atoms with van der Waals surface area (Å²) in [5.41, 5.74) is 2.33. The fraction of sp³-hybridized carbons (Fsp3) is 0.292. The molecular formula is C24H23FN4O3. The zero-order chi connectivity index (χ0) is 22.3. The third kappa shape index (κ3) is 3.72. The highest BCUT2D eigenvalue weighted by Crippen LogP contribution is 2.44. The standard InChI is InChI=1S/C24H23FN4O3/c1-24(2,25)21-7-6-16(11-27-21)20-13-31-19-10-15(9-18(30-3)22(19)32-20)12-29-14-28-17-5-4-8-26-23(17)29/h4-11,14,20H,12-13H2,1-3H3/t20-/m1/s1. The number of methoxy groups -OCH3 is 1. The van der Waals surface area contributed by atoms with Crippen LogP contribution in [0.15, 0.2) is 55.1 Å². The van der Waals surface area contributed by atoms with Crippen molar-refractivity contribution >= 4 is 11.2 Å². The van der Waals surface area contributed by atoms with Crippen LogP contribution in [0.4, 0.5) is 4.39 Å². The SMILES string of the molecule is COc1cc(Cn2cnc3cccnc32)cc2c1O[C@@H](c1ccc(C(C)(C)F)nc1)CO2. The predicted molar refractivity (Wildman–Crippen MR) is 117 cm³/mol.